The lowest BCUT2D eigenvalue weighted by Gasteiger charge is -2.23. The van der Waals surface area contributed by atoms with Gasteiger partial charge in [-0.1, -0.05) is 0 Å². The normalized spacial score (nSPS) is 18.8. The van der Waals surface area contributed by atoms with Gasteiger partial charge in [0.05, 0.1) is 19.6 Å². The second kappa shape index (κ2) is 5.31. The number of rotatable bonds is 4. The highest BCUT2D eigenvalue weighted by Crippen LogP contribution is 2.22. The van der Waals surface area contributed by atoms with E-state index >= 15 is 0 Å². The van der Waals surface area contributed by atoms with Crippen LogP contribution in [0.2, 0.25) is 0 Å². The smallest absolute Gasteiger partial charge is 0.310 e. The number of nitrogens with zero attached hydrogens (tertiary/aromatic N) is 2. The minimum absolute atomic E-state index is 0.0389. The third kappa shape index (κ3) is 2.49. The van der Waals surface area contributed by atoms with Crippen molar-refractivity contribution in [2.45, 2.75) is 25.8 Å². The lowest BCUT2D eigenvalue weighted by atomic mass is 9.98. The van der Waals surface area contributed by atoms with Gasteiger partial charge in [0.1, 0.15) is 5.82 Å². The first-order valence-electron chi connectivity index (χ1n) is 5.86. The van der Waals surface area contributed by atoms with Crippen molar-refractivity contribution >= 4 is 5.97 Å². The average Bonchev–Trinajstić information content (AvgIpc) is 2.77. The van der Waals surface area contributed by atoms with Crippen molar-refractivity contribution in [2.24, 2.45) is 5.92 Å². The molecule has 0 amide bonds. The Morgan fingerprint density at radius 1 is 1.59 bits per heavy atom. The molecule has 0 saturated heterocycles. The molecule has 0 aliphatic carbocycles. The van der Waals surface area contributed by atoms with E-state index in [1.165, 1.54) is 12.8 Å². The molecule has 1 atom stereocenters. The number of aromatic nitrogens is 2. The predicted molar refractivity (Wildman–Crippen MR) is 61.6 cm³/mol. The Kier molecular flexibility index (Phi) is 3.78. The molecule has 5 nitrogen and oxygen atoms in total. The first-order chi connectivity index (χ1) is 8.26. The fraction of sp³-hybridized carbons (Fsp3) is 0.667. The minimum Gasteiger partial charge on any atom is -0.469 e. The van der Waals surface area contributed by atoms with E-state index < -0.39 is 0 Å². The van der Waals surface area contributed by atoms with Gasteiger partial charge in [0.2, 0.25) is 0 Å². The highest BCUT2D eigenvalue weighted by Gasteiger charge is 2.26. The van der Waals surface area contributed by atoms with Crippen LogP contribution in [0.3, 0.4) is 0 Å². The molecule has 0 radical (unpaired) electrons. The summed E-state index contributed by atoms with van der Waals surface area (Å²) in [6.45, 7) is 1.33. The zero-order chi connectivity index (χ0) is 12.3. The van der Waals surface area contributed by atoms with Crippen molar-refractivity contribution in [3.63, 3.8) is 0 Å². The number of aryl methyl sites for hydroxylation is 1. The highest BCUT2D eigenvalue weighted by molar-refractivity contribution is 5.72. The summed E-state index contributed by atoms with van der Waals surface area (Å²) in [6, 6.07) is 0. The van der Waals surface area contributed by atoms with Crippen LogP contribution < -0.4 is 0 Å². The van der Waals surface area contributed by atoms with Gasteiger partial charge in [-0.05, 0) is 12.8 Å². The Hall–Kier alpha value is -1.36. The molecule has 0 N–H and O–H groups in total. The summed E-state index contributed by atoms with van der Waals surface area (Å²) in [7, 11) is 3.12. The molecular formula is C12H18N2O3. The Morgan fingerprint density at radius 3 is 3.12 bits per heavy atom. The molecule has 1 aromatic heterocycles. The molecule has 0 fully saturated rings. The van der Waals surface area contributed by atoms with Crippen molar-refractivity contribution in [2.75, 3.05) is 20.8 Å². The summed E-state index contributed by atoms with van der Waals surface area (Å²) in [4.78, 5) is 15.9. The topological polar surface area (TPSA) is 53.4 Å². The maximum atomic E-state index is 11.5. The zero-order valence-corrected chi connectivity index (χ0v) is 10.3. The van der Waals surface area contributed by atoms with Crippen LogP contribution in [-0.2, 0) is 33.7 Å². The van der Waals surface area contributed by atoms with Gasteiger partial charge in [-0.25, -0.2) is 4.98 Å². The predicted octanol–water partition coefficient (Wildman–Crippen LogP) is 0.807. The van der Waals surface area contributed by atoms with Crippen LogP contribution in [0.1, 0.15) is 17.9 Å². The maximum Gasteiger partial charge on any atom is 0.310 e. The number of carbonyl (C=O) groups is 1. The van der Waals surface area contributed by atoms with Gasteiger partial charge in [-0.3, -0.25) is 4.79 Å². The molecule has 0 saturated carbocycles. The molecule has 17 heavy (non-hydrogen) atoms. The third-order valence-electron chi connectivity index (χ3n) is 3.24. The van der Waals surface area contributed by atoms with Crippen LogP contribution in [-0.4, -0.2) is 36.3 Å². The zero-order valence-electron chi connectivity index (χ0n) is 10.3. The van der Waals surface area contributed by atoms with Gasteiger partial charge in [-0.2, -0.15) is 0 Å². The lowest BCUT2D eigenvalue weighted by molar-refractivity contribution is -0.146. The molecule has 2 heterocycles. The second-order valence-electron chi connectivity index (χ2n) is 4.28. The summed E-state index contributed by atoms with van der Waals surface area (Å²) in [5.74, 6) is 0.834. The first-order valence-corrected chi connectivity index (χ1v) is 5.86. The largest absolute Gasteiger partial charge is 0.469 e. The summed E-state index contributed by atoms with van der Waals surface area (Å²) in [5.41, 5.74) is 1.20. The van der Waals surface area contributed by atoms with Crippen molar-refractivity contribution in [1.29, 1.82) is 0 Å². The number of carbonyl (C=O) groups excluding carboxylic acids is 1. The SMILES string of the molecule is COCCc1ncc2n1CC(C(=O)OC)CC2. The third-order valence-corrected chi connectivity index (χ3v) is 3.24. The molecular weight excluding hydrogens is 220 g/mol. The summed E-state index contributed by atoms with van der Waals surface area (Å²) in [6.07, 6.45) is 4.42. The van der Waals surface area contributed by atoms with Crippen LogP contribution in [0.15, 0.2) is 6.20 Å². The Morgan fingerprint density at radius 2 is 2.41 bits per heavy atom. The second-order valence-corrected chi connectivity index (χ2v) is 4.28. The monoisotopic (exact) mass is 238 g/mol. The van der Waals surface area contributed by atoms with E-state index in [-0.39, 0.29) is 11.9 Å². The van der Waals surface area contributed by atoms with E-state index in [2.05, 4.69) is 9.55 Å². The number of methoxy groups -OCH3 is 2. The molecule has 94 valence electrons. The molecule has 0 bridgehead atoms. The molecule has 1 aliphatic rings. The summed E-state index contributed by atoms with van der Waals surface area (Å²) >= 11 is 0. The summed E-state index contributed by atoms with van der Waals surface area (Å²) in [5, 5.41) is 0. The Labute approximate surface area is 101 Å². The van der Waals surface area contributed by atoms with E-state index in [9.17, 15) is 4.79 Å². The lowest BCUT2D eigenvalue weighted by Crippen LogP contribution is -2.28. The van der Waals surface area contributed by atoms with E-state index in [0.717, 1.165) is 25.1 Å². The molecule has 0 aromatic carbocycles. The number of hydrogen-bond donors (Lipinski definition) is 0. The van der Waals surface area contributed by atoms with Crippen LogP contribution in [0.25, 0.3) is 0 Å². The number of fused-ring (bicyclic) bond motifs is 1. The fourth-order valence-electron chi connectivity index (χ4n) is 2.26. The fourth-order valence-corrected chi connectivity index (χ4v) is 2.26. The first kappa shape index (κ1) is 12.1. The van der Waals surface area contributed by atoms with Crippen LogP contribution in [0.4, 0.5) is 0 Å². The maximum absolute atomic E-state index is 11.5. The molecule has 5 heteroatoms. The quantitative estimate of drug-likeness (QED) is 0.728. The molecule has 1 aromatic rings. The van der Waals surface area contributed by atoms with Crippen molar-refractivity contribution in [3.8, 4) is 0 Å². The highest BCUT2D eigenvalue weighted by atomic mass is 16.5. The van der Waals surface area contributed by atoms with Crippen LogP contribution in [0, 0.1) is 5.92 Å². The van der Waals surface area contributed by atoms with Gasteiger partial charge in [0, 0.05) is 32.0 Å². The number of ether oxygens (including phenoxy) is 2. The van der Waals surface area contributed by atoms with E-state index in [1.54, 1.807) is 7.11 Å². The molecule has 2 rings (SSSR count). The van der Waals surface area contributed by atoms with Crippen molar-refractivity contribution in [3.05, 3.63) is 17.7 Å². The number of hydrogen-bond acceptors (Lipinski definition) is 4. The minimum atomic E-state index is -0.123. The van der Waals surface area contributed by atoms with Crippen LogP contribution in [0.5, 0.6) is 0 Å². The number of imidazole rings is 1. The van der Waals surface area contributed by atoms with E-state index in [1.807, 2.05) is 6.20 Å². The summed E-state index contributed by atoms with van der Waals surface area (Å²) < 4.78 is 12.0. The Bertz CT molecular complexity index is 400. The number of esters is 1. The van der Waals surface area contributed by atoms with Crippen molar-refractivity contribution in [1.82, 2.24) is 9.55 Å². The van der Waals surface area contributed by atoms with Crippen molar-refractivity contribution < 1.29 is 14.3 Å². The van der Waals surface area contributed by atoms with Gasteiger partial charge in [-0.15, -0.1) is 0 Å². The standard InChI is InChI=1S/C12H18N2O3/c1-16-6-5-11-13-7-10-4-3-9(8-14(10)11)12(15)17-2/h7,9H,3-6,8H2,1-2H3. The average molecular weight is 238 g/mol. The van der Waals surface area contributed by atoms with E-state index in [0.29, 0.717) is 13.2 Å². The molecule has 0 spiro atoms. The van der Waals surface area contributed by atoms with Gasteiger partial charge in [0.25, 0.3) is 0 Å². The van der Waals surface area contributed by atoms with Gasteiger partial charge < -0.3 is 14.0 Å². The van der Waals surface area contributed by atoms with Gasteiger partial charge >= 0.3 is 5.97 Å². The van der Waals surface area contributed by atoms with E-state index in [4.69, 9.17) is 9.47 Å². The molecule has 1 aliphatic heterocycles. The van der Waals surface area contributed by atoms with Crippen LogP contribution >= 0.6 is 0 Å². The Balaban J connectivity index is 2.11. The van der Waals surface area contributed by atoms with Gasteiger partial charge in [0.15, 0.2) is 0 Å². The molecule has 1 unspecified atom stereocenters.